The Hall–Kier alpha value is -0.910. The molecule has 1 aliphatic rings. The molecule has 1 N–H and O–H groups in total. The van der Waals surface area contributed by atoms with Gasteiger partial charge in [0.2, 0.25) is 5.28 Å². The predicted molar refractivity (Wildman–Crippen MR) is 85.9 cm³/mol. The van der Waals surface area contributed by atoms with Crippen LogP contribution in [0.1, 0.15) is 24.6 Å². The van der Waals surface area contributed by atoms with E-state index in [0.717, 1.165) is 29.1 Å². The Morgan fingerprint density at radius 2 is 2.35 bits per heavy atom. The van der Waals surface area contributed by atoms with Crippen molar-refractivity contribution in [3.63, 3.8) is 0 Å². The van der Waals surface area contributed by atoms with Crippen molar-refractivity contribution >= 4 is 39.0 Å². The maximum atomic E-state index is 6.02. The van der Waals surface area contributed by atoms with E-state index in [1.807, 2.05) is 0 Å². The fourth-order valence-electron chi connectivity index (χ4n) is 2.91. The number of hydrogen-bond donors (Lipinski definition) is 1. The molecule has 2 aromatic heterocycles. The van der Waals surface area contributed by atoms with E-state index < -0.39 is 0 Å². The summed E-state index contributed by atoms with van der Waals surface area (Å²) in [5.41, 5.74) is 0. The number of rotatable bonds is 4. The smallest absolute Gasteiger partial charge is 0.225 e. The number of hydrogen-bond acceptors (Lipinski definition) is 5. The second-order valence-corrected chi connectivity index (χ2v) is 6.80. The van der Waals surface area contributed by atoms with Crippen LogP contribution in [0, 0.1) is 6.92 Å². The third-order valence-electron chi connectivity index (χ3n) is 3.90. The Morgan fingerprint density at radius 1 is 1.50 bits per heavy atom. The van der Waals surface area contributed by atoms with Crippen LogP contribution in [-0.2, 0) is 0 Å². The fourth-order valence-corrected chi connectivity index (χ4v) is 4.01. The molecule has 1 saturated heterocycles. The summed E-state index contributed by atoms with van der Waals surface area (Å²) < 4.78 is 0. The molecule has 0 aliphatic carbocycles. The molecule has 0 bridgehead atoms. The Bertz CT molecular complexity index is 612. The first-order valence-electron chi connectivity index (χ1n) is 7.09. The van der Waals surface area contributed by atoms with Crippen molar-refractivity contribution in [2.75, 3.05) is 25.0 Å². The lowest BCUT2D eigenvalue weighted by Gasteiger charge is -2.23. The van der Waals surface area contributed by atoms with Crippen molar-refractivity contribution in [2.24, 2.45) is 0 Å². The van der Waals surface area contributed by atoms with Crippen molar-refractivity contribution < 1.29 is 0 Å². The lowest BCUT2D eigenvalue weighted by atomic mass is 10.2. The van der Waals surface area contributed by atoms with E-state index in [2.05, 4.69) is 40.1 Å². The van der Waals surface area contributed by atoms with Crippen LogP contribution < -0.4 is 5.32 Å². The molecule has 4 nitrogen and oxygen atoms in total. The highest BCUT2D eigenvalue weighted by Gasteiger charge is 2.23. The Labute approximate surface area is 128 Å². The van der Waals surface area contributed by atoms with Crippen molar-refractivity contribution in [1.29, 1.82) is 0 Å². The van der Waals surface area contributed by atoms with Crippen LogP contribution in [0.2, 0.25) is 5.28 Å². The molecule has 20 heavy (non-hydrogen) atoms. The zero-order valence-corrected chi connectivity index (χ0v) is 13.4. The minimum absolute atomic E-state index is 0.320. The molecule has 1 atom stereocenters. The van der Waals surface area contributed by atoms with Gasteiger partial charge in [0.1, 0.15) is 10.6 Å². The summed E-state index contributed by atoms with van der Waals surface area (Å²) in [6.45, 7) is 7.55. The standard InChI is InChI=1S/C14H19ClN4S/c1-3-19-6-4-5-10(19)8-16-12-11-7-9(2)20-13(11)18-14(15)17-12/h7,10H,3-6,8H2,1-2H3,(H,16,17,18). The molecule has 0 spiro atoms. The molecule has 6 heteroatoms. The summed E-state index contributed by atoms with van der Waals surface area (Å²) in [6, 6.07) is 2.73. The monoisotopic (exact) mass is 310 g/mol. The van der Waals surface area contributed by atoms with Crippen molar-refractivity contribution in [3.05, 3.63) is 16.2 Å². The first-order chi connectivity index (χ1) is 9.67. The largest absolute Gasteiger partial charge is 0.368 e. The van der Waals surface area contributed by atoms with Crippen LogP contribution in [-0.4, -0.2) is 40.5 Å². The summed E-state index contributed by atoms with van der Waals surface area (Å²) in [7, 11) is 0. The van der Waals surface area contributed by atoms with E-state index >= 15 is 0 Å². The molecule has 1 unspecified atom stereocenters. The quantitative estimate of drug-likeness (QED) is 0.877. The maximum absolute atomic E-state index is 6.02. The maximum Gasteiger partial charge on any atom is 0.225 e. The van der Waals surface area contributed by atoms with Crippen molar-refractivity contribution in [2.45, 2.75) is 32.7 Å². The lowest BCUT2D eigenvalue weighted by Crippen LogP contribution is -2.34. The second kappa shape index (κ2) is 5.84. The van der Waals surface area contributed by atoms with E-state index in [4.69, 9.17) is 11.6 Å². The van der Waals surface area contributed by atoms with Crippen LogP contribution in [0.3, 0.4) is 0 Å². The third kappa shape index (κ3) is 2.75. The molecule has 2 aromatic rings. The summed E-state index contributed by atoms with van der Waals surface area (Å²) in [4.78, 5) is 13.4. The number of fused-ring (bicyclic) bond motifs is 1. The van der Waals surface area contributed by atoms with Gasteiger partial charge in [0.05, 0.1) is 5.39 Å². The lowest BCUT2D eigenvalue weighted by molar-refractivity contribution is 0.277. The zero-order valence-electron chi connectivity index (χ0n) is 11.8. The van der Waals surface area contributed by atoms with Crippen LogP contribution in [0.4, 0.5) is 5.82 Å². The Balaban J connectivity index is 1.80. The highest BCUT2D eigenvalue weighted by atomic mass is 35.5. The van der Waals surface area contributed by atoms with Crippen LogP contribution in [0.5, 0.6) is 0 Å². The Kier molecular flexibility index (Phi) is 4.10. The summed E-state index contributed by atoms with van der Waals surface area (Å²) >= 11 is 7.68. The summed E-state index contributed by atoms with van der Waals surface area (Å²) in [5, 5.41) is 4.88. The first-order valence-corrected chi connectivity index (χ1v) is 8.28. The highest BCUT2D eigenvalue weighted by Crippen LogP contribution is 2.29. The summed E-state index contributed by atoms with van der Waals surface area (Å²) in [5.74, 6) is 0.868. The van der Waals surface area contributed by atoms with Gasteiger partial charge in [-0.25, -0.2) is 9.97 Å². The molecule has 1 fully saturated rings. The average molecular weight is 311 g/mol. The van der Waals surface area contributed by atoms with E-state index in [9.17, 15) is 0 Å². The van der Waals surface area contributed by atoms with E-state index in [1.54, 1.807) is 11.3 Å². The number of aromatic nitrogens is 2. The summed E-state index contributed by atoms with van der Waals surface area (Å²) in [6.07, 6.45) is 2.54. The molecule has 3 heterocycles. The molecule has 0 radical (unpaired) electrons. The first kappa shape index (κ1) is 14.0. The van der Waals surface area contributed by atoms with Gasteiger partial charge in [0.15, 0.2) is 0 Å². The topological polar surface area (TPSA) is 41.0 Å². The van der Waals surface area contributed by atoms with Crippen LogP contribution in [0.25, 0.3) is 10.2 Å². The van der Waals surface area contributed by atoms with Crippen LogP contribution >= 0.6 is 22.9 Å². The number of thiophene rings is 1. The SMILES string of the molecule is CCN1CCCC1CNc1nc(Cl)nc2sc(C)cc12. The highest BCUT2D eigenvalue weighted by molar-refractivity contribution is 7.18. The van der Waals surface area contributed by atoms with Gasteiger partial charge in [0.25, 0.3) is 0 Å². The number of aryl methyl sites for hydroxylation is 1. The molecular formula is C14H19ClN4S. The number of likely N-dealkylation sites (tertiary alicyclic amines) is 1. The van der Waals surface area contributed by atoms with Gasteiger partial charge in [-0.3, -0.25) is 4.90 Å². The molecule has 0 amide bonds. The van der Waals surface area contributed by atoms with Gasteiger partial charge in [-0.2, -0.15) is 0 Å². The van der Waals surface area contributed by atoms with E-state index in [1.165, 1.54) is 24.3 Å². The minimum Gasteiger partial charge on any atom is -0.368 e. The van der Waals surface area contributed by atoms with E-state index in [-0.39, 0.29) is 0 Å². The second-order valence-electron chi connectivity index (χ2n) is 5.22. The van der Waals surface area contributed by atoms with Crippen molar-refractivity contribution in [1.82, 2.24) is 14.9 Å². The van der Waals surface area contributed by atoms with E-state index in [0.29, 0.717) is 11.3 Å². The van der Waals surface area contributed by atoms with Gasteiger partial charge in [-0.1, -0.05) is 6.92 Å². The van der Waals surface area contributed by atoms with Gasteiger partial charge in [-0.15, -0.1) is 11.3 Å². The molecule has 3 rings (SSSR count). The number of halogens is 1. The molecule has 0 aromatic carbocycles. The number of likely N-dealkylation sites (N-methyl/N-ethyl adjacent to an activating group) is 1. The molecular weight excluding hydrogens is 292 g/mol. The fraction of sp³-hybridized carbons (Fsp3) is 0.571. The molecule has 108 valence electrons. The van der Waals surface area contributed by atoms with Crippen molar-refractivity contribution in [3.8, 4) is 0 Å². The zero-order chi connectivity index (χ0) is 14.1. The number of nitrogens with one attached hydrogen (secondary N) is 1. The minimum atomic E-state index is 0.320. The van der Waals surface area contributed by atoms with Gasteiger partial charge < -0.3 is 5.32 Å². The van der Waals surface area contributed by atoms with Gasteiger partial charge in [0, 0.05) is 17.5 Å². The number of anilines is 1. The number of nitrogens with zero attached hydrogens (tertiary/aromatic N) is 3. The third-order valence-corrected chi connectivity index (χ3v) is 5.01. The van der Waals surface area contributed by atoms with Crippen LogP contribution in [0.15, 0.2) is 6.07 Å². The predicted octanol–water partition coefficient (Wildman–Crippen LogP) is 3.55. The van der Waals surface area contributed by atoms with Gasteiger partial charge >= 0.3 is 0 Å². The Morgan fingerprint density at radius 3 is 3.15 bits per heavy atom. The average Bonchev–Trinajstić information content (AvgIpc) is 3.00. The normalized spacial score (nSPS) is 19.9. The molecule has 1 aliphatic heterocycles. The van der Waals surface area contributed by atoms with Gasteiger partial charge in [-0.05, 0) is 50.5 Å². The molecule has 0 saturated carbocycles.